The number of nitrogens with zero attached hydrogens (tertiary/aromatic N) is 2. The standard InChI is InChI=1S/C13H21N3/c1-15(2)7-8-16-10-11-5-3-4-6-12(11)13(16)9-14/h3-6,13H,7-10,14H2,1-2H3. The van der Waals surface area contributed by atoms with Crippen LogP contribution in [0.25, 0.3) is 0 Å². The summed E-state index contributed by atoms with van der Waals surface area (Å²) in [5.41, 5.74) is 8.75. The van der Waals surface area contributed by atoms with Gasteiger partial charge in [0.25, 0.3) is 0 Å². The number of benzene rings is 1. The third-order valence-electron chi connectivity index (χ3n) is 3.29. The smallest absolute Gasteiger partial charge is 0.0477 e. The van der Waals surface area contributed by atoms with E-state index in [1.54, 1.807) is 0 Å². The molecule has 1 heterocycles. The minimum Gasteiger partial charge on any atom is -0.329 e. The first-order valence-corrected chi connectivity index (χ1v) is 5.89. The Labute approximate surface area is 97.8 Å². The number of hydrogen-bond donors (Lipinski definition) is 1. The zero-order chi connectivity index (χ0) is 11.5. The molecule has 1 unspecified atom stereocenters. The van der Waals surface area contributed by atoms with Crippen LogP contribution in [-0.2, 0) is 6.54 Å². The van der Waals surface area contributed by atoms with E-state index in [9.17, 15) is 0 Å². The fourth-order valence-electron chi connectivity index (χ4n) is 2.37. The number of nitrogens with two attached hydrogens (primary N) is 1. The summed E-state index contributed by atoms with van der Waals surface area (Å²) in [7, 11) is 4.22. The van der Waals surface area contributed by atoms with Crippen LogP contribution in [0.1, 0.15) is 17.2 Å². The van der Waals surface area contributed by atoms with Crippen LogP contribution in [0.5, 0.6) is 0 Å². The molecule has 0 aromatic heterocycles. The van der Waals surface area contributed by atoms with Gasteiger partial charge in [-0.25, -0.2) is 0 Å². The van der Waals surface area contributed by atoms with E-state index in [4.69, 9.17) is 5.73 Å². The van der Waals surface area contributed by atoms with Crippen molar-refractivity contribution in [3.05, 3.63) is 35.4 Å². The molecule has 0 radical (unpaired) electrons. The quantitative estimate of drug-likeness (QED) is 0.822. The third kappa shape index (κ3) is 2.26. The molecule has 88 valence electrons. The number of hydrogen-bond acceptors (Lipinski definition) is 3. The Bertz CT molecular complexity index is 349. The third-order valence-corrected chi connectivity index (χ3v) is 3.29. The average Bonchev–Trinajstić information content (AvgIpc) is 2.63. The number of likely N-dealkylation sites (N-methyl/N-ethyl adjacent to an activating group) is 1. The minimum atomic E-state index is 0.413. The highest BCUT2D eigenvalue weighted by molar-refractivity contribution is 5.34. The van der Waals surface area contributed by atoms with E-state index in [0.29, 0.717) is 12.6 Å². The first kappa shape index (κ1) is 11.6. The van der Waals surface area contributed by atoms with E-state index in [2.05, 4.69) is 48.2 Å². The highest BCUT2D eigenvalue weighted by Gasteiger charge is 2.27. The van der Waals surface area contributed by atoms with Crippen molar-refractivity contribution in [2.45, 2.75) is 12.6 Å². The van der Waals surface area contributed by atoms with Crippen LogP contribution in [0.15, 0.2) is 24.3 Å². The van der Waals surface area contributed by atoms with Gasteiger partial charge in [-0.15, -0.1) is 0 Å². The predicted molar refractivity (Wildman–Crippen MR) is 67.2 cm³/mol. The van der Waals surface area contributed by atoms with E-state index in [1.807, 2.05) is 0 Å². The Morgan fingerprint density at radius 2 is 2.12 bits per heavy atom. The Morgan fingerprint density at radius 1 is 1.38 bits per heavy atom. The van der Waals surface area contributed by atoms with Gasteiger partial charge >= 0.3 is 0 Å². The summed E-state index contributed by atoms with van der Waals surface area (Å²) in [6, 6.07) is 9.06. The molecule has 0 amide bonds. The van der Waals surface area contributed by atoms with Gasteiger partial charge in [0, 0.05) is 32.2 Å². The van der Waals surface area contributed by atoms with Crippen LogP contribution in [0, 0.1) is 0 Å². The molecule has 1 aliphatic rings. The molecule has 0 saturated heterocycles. The lowest BCUT2D eigenvalue weighted by molar-refractivity contribution is 0.197. The van der Waals surface area contributed by atoms with Gasteiger partial charge in [-0.3, -0.25) is 4.90 Å². The first-order chi connectivity index (χ1) is 7.72. The Hall–Kier alpha value is -0.900. The van der Waals surface area contributed by atoms with E-state index >= 15 is 0 Å². The van der Waals surface area contributed by atoms with Crippen LogP contribution in [0.2, 0.25) is 0 Å². The van der Waals surface area contributed by atoms with Crippen LogP contribution in [0.4, 0.5) is 0 Å². The monoisotopic (exact) mass is 219 g/mol. The summed E-state index contributed by atoms with van der Waals surface area (Å²) in [5, 5.41) is 0. The van der Waals surface area contributed by atoms with Crippen LogP contribution in [0.3, 0.4) is 0 Å². The van der Waals surface area contributed by atoms with Crippen molar-refractivity contribution < 1.29 is 0 Å². The molecule has 0 aliphatic carbocycles. The van der Waals surface area contributed by atoms with Gasteiger partial charge in [-0.05, 0) is 25.2 Å². The Kier molecular flexibility index (Phi) is 3.59. The van der Waals surface area contributed by atoms with E-state index < -0.39 is 0 Å². The van der Waals surface area contributed by atoms with E-state index in [-0.39, 0.29) is 0 Å². The second-order valence-electron chi connectivity index (χ2n) is 4.72. The maximum atomic E-state index is 5.89. The van der Waals surface area contributed by atoms with Crippen LogP contribution in [-0.4, -0.2) is 43.5 Å². The molecule has 3 nitrogen and oxygen atoms in total. The fourth-order valence-corrected chi connectivity index (χ4v) is 2.37. The zero-order valence-corrected chi connectivity index (χ0v) is 10.2. The Morgan fingerprint density at radius 3 is 2.81 bits per heavy atom. The predicted octanol–water partition coefficient (Wildman–Crippen LogP) is 1.06. The van der Waals surface area contributed by atoms with Gasteiger partial charge < -0.3 is 10.6 Å². The molecule has 16 heavy (non-hydrogen) atoms. The summed E-state index contributed by atoms with van der Waals surface area (Å²) in [6.07, 6.45) is 0. The molecule has 3 heteroatoms. The summed E-state index contributed by atoms with van der Waals surface area (Å²) in [4.78, 5) is 4.70. The number of fused-ring (bicyclic) bond motifs is 1. The molecule has 0 saturated carbocycles. The van der Waals surface area contributed by atoms with Crippen molar-refractivity contribution in [1.29, 1.82) is 0 Å². The summed E-state index contributed by atoms with van der Waals surface area (Å²) in [5.74, 6) is 0. The topological polar surface area (TPSA) is 32.5 Å². The molecule has 1 atom stereocenters. The second kappa shape index (κ2) is 4.95. The SMILES string of the molecule is CN(C)CCN1Cc2ccccc2C1CN. The molecular formula is C13H21N3. The molecule has 1 aliphatic heterocycles. The normalized spacial score (nSPS) is 20.4. The maximum absolute atomic E-state index is 5.89. The van der Waals surface area contributed by atoms with Crippen LogP contribution >= 0.6 is 0 Å². The van der Waals surface area contributed by atoms with Crippen molar-refractivity contribution in [3.63, 3.8) is 0 Å². The van der Waals surface area contributed by atoms with E-state index in [0.717, 1.165) is 19.6 Å². The van der Waals surface area contributed by atoms with E-state index in [1.165, 1.54) is 11.1 Å². The molecule has 1 aromatic rings. The van der Waals surface area contributed by atoms with Crippen molar-refractivity contribution in [2.75, 3.05) is 33.7 Å². The molecule has 0 spiro atoms. The largest absolute Gasteiger partial charge is 0.329 e. The zero-order valence-electron chi connectivity index (χ0n) is 10.2. The van der Waals surface area contributed by atoms with Crippen molar-refractivity contribution in [1.82, 2.24) is 9.80 Å². The second-order valence-corrected chi connectivity index (χ2v) is 4.72. The van der Waals surface area contributed by atoms with Crippen LogP contribution < -0.4 is 5.73 Å². The lowest BCUT2D eigenvalue weighted by Crippen LogP contribution is -2.33. The number of rotatable bonds is 4. The van der Waals surface area contributed by atoms with Crippen molar-refractivity contribution in [2.24, 2.45) is 5.73 Å². The van der Waals surface area contributed by atoms with Gasteiger partial charge in [-0.1, -0.05) is 24.3 Å². The molecule has 0 fully saturated rings. The first-order valence-electron chi connectivity index (χ1n) is 5.89. The molecule has 2 rings (SSSR count). The highest BCUT2D eigenvalue weighted by atomic mass is 15.2. The van der Waals surface area contributed by atoms with Crippen molar-refractivity contribution in [3.8, 4) is 0 Å². The summed E-state index contributed by atoms with van der Waals surface area (Å²) in [6.45, 7) is 3.93. The van der Waals surface area contributed by atoms with Gasteiger partial charge in [0.1, 0.15) is 0 Å². The molecule has 1 aromatic carbocycles. The molecule has 2 N–H and O–H groups in total. The van der Waals surface area contributed by atoms with Crippen molar-refractivity contribution >= 4 is 0 Å². The maximum Gasteiger partial charge on any atom is 0.0477 e. The molecule has 0 bridgehead atoms. The Balaban J connectivity index is 2.08. The van der Waals surface area contributed by atoms with Gasteiger partial charge in [-0.2, -0.15) is 0 Å². The van der Waals surface area contributed by atoms with Gasteiger partial charge in [0.15, 0.2) is 0 Å². The summed E-state index contributed by atoms with van der Waals surface area (Å²) >= 11 is 0. The lowest BCUT2D eigenvalue weighted by atomic mass is 10.1. The minimum absolute atomic E-state index is 0.413. The van der Waals surface area contributed by atoms with Gasteiger partial charge in [0.2, 0.25) is 0 Å². The lowest BCUT2D eigenvalue weighted by Gasteiger charge is -2.25. The molecular weight excluding hydrogens is 198 g/mol. The summed E-state index contributed by atoms with van der Waals surface area (Å²) < 4.78 is 0. The highest BCUT2D eigenvalue weighted by Crippen LogP contribution is 2.32. The fraction of sp³-hybridized carbons (Fsp3) is 0.538. The average molecular weight is 219 g/mol. The van der Waals surface area contributed by atoms with Gasteiger partial charge in [0.05, 0.1) is 0 Å².